The highest BCUT2D eigenvalue weighted by atomic mass is 16.5. The van der Waals surface area contributed by atoms with E-state index in [4.69, 9.17) is 10.5 Å². The van der Waals surface area contributed by atoms with Crippen LogP contribution in [-0.2, 0) is 4.74 Å². The molecule has 2 rings (SSSR count). The summed E-state index contributed by atoms with van der Waals surface area (Å²) in [5.41, 5.74) is 5.35. The average molecular weight is 277 g/mol. The molecule has 0 radical (unpaired) electrons. The molecule has 2 heterocycles. The second-order valence-electron chi connectivity index (χ2n) is 5.67. The van der Waals surface area contributed by atoms with E-state index in [0.717, 1.165) is 0 Å². The molecule has 1 atom stereocenters. The second-order valence-corrected chi connectivity index (χ2v) is 5.67. The maximum atomic E-state index is 12.4. The largest absolute Gasteiger partial charge is 0.369 e. The molecule has 6 nitrogen and oxygen atoms in total. The van der Waals surface area contributed by atoms with E-state index < -0.39 is 5.91 Å². The van der Waals surface area contributed by atoms with Crippen LogP contribution in [0, 0.1) is 0 Å². The van der Waals surface area contributed by atoms with Crippen LogP contribution in [0.5, 0.6) is 0 Å². The van der Waals surface area contributed by atoms with E-state index in [0.29, 0.717) is 18.7 Å². The first-order valence-corrected chi connectivity index (χ1v) is 6.51. The van der Waals surface area contributed by atoms with Gasteiger partial charge < -0.3 is 15.4 Å². The maximum absolute atomic E-state index is 12.4. The van der Waals surface area contributed by atoms with Gasteiger partial charge in [-0.15, -0.1) is 0 Å². The summed E-state index contributed by atoms with van der Waals surface area (Å²) in [6.45, 7) is 6.91. The van der Waals surface area contributed by atoms with Crippen molar-refractivity contribution in [1.29, 1.82) is 0 Å². The van der Waals surface area contributed by atoms with Crippen molar-refractivity contribution in [2.45, 2.75) is 32.5 Å². The van der Waals surface area contributed by atoms with Gasteiger partial charge in [0.05, 0.1) is 17.3 Å². The highest BCUT2D eigenvalue weighted by Gasteiger charge is 2.34. The molecule has 2 amide bonds. The molecule has 108 valence electrons. The number of carbonyl (C=O) groups is 2. The summed E-state index contributed by atoms with van der Waals surface area (Å²) in [6, 6.07) is 3.03. The molecule has 2 N–H and O–H groups in total. The lowest BCUT2D eigenvalue weighted by molar-refractivity contribution is -0.118. The smallest absolute Gasteiger partial charge is 0.267 e. The predicted octanol–water partition coefficient (Wildman–Crippen LogP) is 0.820. The number of ether oxygens (including phenoxy) is 1. The molecule has 1 unspecified atom stereocenters. The van der Waals surface area contributed by atoms with Gasteiger partial charge in [0.1, 0.15) is 5.69 Å². The highest BCUT2D eigenvalue weighted by Crippen LogP contribution is 2.22. The van der Waals surface area contributed by atoms with Gasteiger partial charge in [0.25, 0.3) is 11.8 Å². The number of hydrogen-bond donors (Lipinski definition) is 1. The Kier molecular flexibility index (Phi) is 3.76. The minimum atomic E-state index is -0.606. The van der Waals surface area contributed by atoms with E-state index >= 15 is 0 Å². The Balaban J connectivity index is 2.16. The molecule has 1 fully saturated rings. The van der Waals surface area contributed by atoms with Crippen LogP contribution in [0.3, 0.4) is 0 Å². The maximum Gasteiger partial charge on any atom is 0.267 e. The molecule has 0 bridgehead atoms. The summed E-state index contributed by atoms with van der Waals surface area (Å²) in [7, 11) is 0. The van der Waals surface area contributed by atoms with E-state index in [-0.39, 0.29) is 23.3 Å². The van der Waals surface area contributed by atoms with Crippen molar-refractivity contribution >= 4 is 11.8 Å². The Morgan fingerprint density at radius 3 is 2.65 bits per heavy atom. The number of amides is 2. The Hall–Kier alpha value is -1.95. The number of rotatable bonds is 2. The van der Waals surface area contributed by atoms with Gasteiger partial charge >= 0.3 is 0 Å². The zero-order chi connectivity index (χ0) is 14.9. The number of hydrogen-bond acceptors (Lipinski definition) is 4. The fraction of sp³-hybridized carbons (Fsp3) is 0.500. The van der Waals surface area contributed by atoms with Gasteiger partial charge in [-0.05, 0) is 32.9 Å². The first-order valence-electron chi connectivity index (χ1n) is 6.51. The second kappa shape index (κ2) is 5.20. The third-order valence-electron chi connectivity index (χ3n) is 3.12. The van der Waals surface area contributed by atoms with Gasteiger partial charge in [0, 0.05) is 19.3 Å². The number of pyridine rings is 1. The van der Waals surface area contributed by atoms with Crippen LogP contribution in [-0.4, -0.2) is 46.5 Å². The van der Waals surface area contributed by atoms with E-state index in [1.54, 1.807) is 11.0 Å². The summed E-state index contributed by atoms with van der Waals surface area (Å²) in [5, 5.41) is 0. The molecule has 6 heteroatoms. The van der Waals surface area contributed by atoms with Crippen LogP contribution < -0.4 is 5.73 Å². The van der Waals surface area contributed by atoms with E-state index in [1.165, 1.54) is 12.3 Å². The van der Waals surface area contributed by atoms with Gasteiger partial charge in [-0.1, -0.05) is 0 Å². The normalized spacial score (nSPS) is 21.6. The number of primary amides is 1. The number of nitrogens with two attached hydrogens (primary N) is 1. The lowest BCUT2D eigenvalue weighted by Gasteiger charge is -2.41. The lowest BCUT2D eigenvalue weighted by Crippen LogP contribution is -2.53. The molecular weight excluding hydrogens is 258 g/mol. The monoisotopic (exact) mass is 277 g/mol. The summed E-state index contributed by atoms with van der Waals surface area (Å²) in [6.07, 6.45) is 1.37. The van der Waals surface area contributed by atoms with Gasteiger partial charge in [-0.2, -0.15) is 0 Å². The van der Waals surface area contributed by atoms with Gasteiger partial charge in [0.15, 0.2) is 0 Å². The molecule has 1 aromatic rings. The zero-order valence-corrected chi connectivity index (χ0v) is 11.9. The van der Waals surface area contributed by atoms with Crippen molar-refractivity contribution in [2.24, 2.45) is 5.73 Å². The van der Waals surface area contributed by atoms with Crippen LogP contribution in [0.4, 0.5) is 0 Å². The Morgan fingerprint density at radius 2 is 2.15 bits per heavy atom. The number of nitrogens with zero attached hydrogens (tertiary/aromatic N) is 2. The first kappa shape index (κ1) is 14.5. The SMILES string of the molecule is CC1CN(C(=O)c2ccc(C(N)=O)nc2)CC(C)(C)O1. The Labute approximate surface area is 117 Å². The van der Waals surface area contributed by atoms with Crippen LogP contribution >= 0.6 is 0 Å². The van der Waals surface area contributed by atoms with Crippen molar-refractivity contribution in [3.63, 3.8) is 0 Å². The quantitative estimate of drug-likeness (QED) is 0.867. The van der Waals surface area contributed by atoms with Gasteiger partial charge in [0.2, 0.25) is 0 Å². The molecule has 0 aliphatic carbocycles. The summed E-state index contributed by atoms with van der Waals surface area (Å²) < 4.78 is 5.77. The molecule has 0 saturated carbocycles. The van der Waals surface area contributed by atoms with Crippen molar-refractivity contribution in [3.05, 3.63) is 29.6 Å². The Morgan fingerprint density at radius 1 is 1.45 bits per heavy atom. The van der Waals surface area contributed by atoms with E-state index in [1.807, 2.05) is 20.8 Å². The lowest BCUT2D eigenvalue weighted by atomic mass is 10.0. The first-order chi connectivity index (χ1) is 9.28. The fourth-order valence-corrected chi connectivity index (χ4v) is 2.46. The van der Waals surface area contributed by atoms with Crippen molar-refractivity contribution < 1.29 is 14.3 Å². The van der Waals surface area contributed by atoms with E-state index in [9.17, 15) is 9.59 Å². The number of carbonyl (C=O) groups excluding carboxylic acids is 2. The van der Waals surface area contributed by atoms with Crippen LogP contribution in [0.25, 0.3) is 0 Å². The summed E-state index contributed by atoms with van der Waals surface area (Å²) in [4.78, 5) is 29.0. The predicted molar refractivity (Wildman–Crippen MR) is 73.3 cm³/mol. The summed E-state index contributed by atoms with van der Waals surface area (Å²) in [5.74, 6) is -0.720. The molecule has 1 aromatic heterocycles. The molecule has 0 aromatic carbocycles. The minimum absolute atomic E-state index is 0.0134. The van der Waals surface area contributed by atoms with Crippen molar-refractivity contribution in [3.8, 4) is 0 Å². The topological polar surface area (TPSA) is 85.5 Å². The highest BCUT2D eigenvalue weighted by molar-refractivity contribution is 5.95. The third kappa shape index (κ3) is 3.14. The van der Waals surface area contributed by atoms with E-state index in [2.05, 4.69) is 4.98 Å². The Bertz CT molecular complexity index is 525. The van der Waals surface area contributed by atoms with Gasteiger partial charge in [-0.25, -0.2) is 0 Å². The third-order valence-corrected chi connectivity index (χ3v) is 3.12. The standard InChI is InChI=1S/C14H19N3O3/c1-9-7-17(8-14(2,3)20-9)13(19)10-4-5-11(12(15)18)16-6-10/h4-6,9H,7-8H2,1-3H3,(H2,15,18). The zero-order valence-electron chi connectivity index (χ0n) is 11.9. The van der Waals surface area contributed by atoms with Crippen molar-refractivity contribution in [1.82, 2.24) is 9.88 Å². The number of morpholine rings is 1. The summed E-state index contributed by atoms with van der Waals surface area (Å²) >= 11 is 0. The molecular formula is C14H19N3O3. The molecule has 0 spiro atoms. The molecule has 1 aliphatic rings. The molecule has 1 saturated heterocycles. The van der Waals surface area contributed by atoms with Crippen LogP contribution in [0.1, 0.15) is 41.6 Å². The average Bonchev–Trinajstić information content (AvgIpc) is 2.35. The van der Waals surface area contributed by atoms with Crippen molar-refractivity contribution in [2.75, 3.05) is 13.1 Å². The van der Waals surface area contributed by atoms with Crippen LogP contribution in [0.15, 0.2) is 18.3 Å². The number of aromatic nitrogens is 1. The molecule has 1 aliphatic heterocycles. The fourth-order valence-electron chi connectivity index (χ4n) is 2.46. The van der Waals surface area contributed by atoms with Crippen LogP contribution in [0.2, 0.25) is 0 Å². The van der Waals surface area contributed by atoms with Gasteiger partial charge in [-0.3, -0.25) is 14.6 Å². The minimum Gasteiger partial charge on any atom is -0.369 e. The molecule has 20 heavy (non-hydrogen) atoms.